The summed E-state index contributed by atoms with van der Waals surface area (Å²) in [7, 11) is 0. The molecule has 8 heteroatoms. The van der Waals surface area contributed by atoms with Crippen molar-refractivity contribution in [2.24, 2.45) is 0 Å². The largest absolute Gasteiger partial charge is 0.361 e. The lowest BCUT2D eigenvalue weighted by Crippen LogP contribution is -2.47. The number of hydrogen-bond donors (Lipinski definition) is 2. The predicted molar refractivity (Wildman–Crippen MR) is 141 cm³/mol. The van der Waals surface area contributed by atoms with Crippen LogP contribution in [0.4, 0.5) is 0 Å². The van der Waals surface area contributed by atoms with Gasteiger partial charge in [0.05, 0.1) is 18.4 Å². The van der Waals surface area contributed by atoms with Gasteiger partial charge in [-0.3, -0.25) is 9.47 Å². The van der Waals surface area contributed by atoms with Gasteiger partial charge in [0.1, 0.15) is 12.7 Å². The molecule has 2 unspecified atom stereocenters. The molecule has 5 aromatic rings. The Morgan fingerprint density at radius 3 is 2.56 bits per heavy atom. The van der Waals surface area contributed by atoms with Crippen molar-refractivity contribution in [2.45, 2.75) is 31.3 Å². The summed E-state index contributed by atoms with van der Waals surface area (Å²) in [5, 5.41) is 12.7. The lowest BCUT2D eigenvalue weighted by molar-refractivity contribution is 0.121. The number of nitrogens with one attached hydrogen (secondary N) is 2. The quantitative estimate of drug-likeness (QED) is 0.331. The van der Waals surface area contributed by atoms with Crippen molar-refractivity contribution in [3.63, 3.8) is 0 Å². The van der Waals surface area contributed by atoms with E-state index < -0.39 is 0 Å². The van der Waals surface area contributed by atoms with Crippen molar-refractivity contribution in [1.29, 1.82) is 0 Å². The Morgan fingerprint density at radius 2 is 1.78 bits per heavy atom. The summed E-state index contributed by atoms with van der Waals surface area (Å²) in [6.45, 7) is 4.17. The third kappa shape index (κ3) is 4.69. The molecule has 0 amide bonds. The molecule has 1 aliphatic rings. The molecule has 3 aromatic heterocycles. The van der Waals surface area contributed by atoms with Gasteiger partial charge in [-0.15, -0.1) is 10.2 Å². The number of aromatic amines is 1. The Morgan fingerprint density at radius 1 is 0.944 bits per heavy atom. The molecule has 2 atom stereocenters. The fourth-order valence-electron chi connectivity index (χ4n) is 5.59. The molecule has 1 aliphatic heterocycles. The predicted octanol–water partition coefficient (Wildman–Crippen LogP) is 4.16. The number of aryl methyl sites for hydroxylation is 1. The second kappa shape index (κ2) is 10.5. The van der Waals surface area contributed by atoms with Crippen LogP contribution in [0.5, 0.6) is 0 Å². The lowest BCUT2D eigenvalue weighted by Gasteiger charge is -2.40. The van der Waals surface area contributed by atoms with E-state index in [1.165, 1.54) is 16.5 Å². The highest BCUT2D eigenvalue weighted by atomic mass is 15.2. The summed E-state index contributed by atoms with van der Waals surface area (Å²) in [6, 6.07) is 18.1. The summed E-state index contributed by atoms with van der Waals surface area (Å²) in [5.74, 6) is 0. The summed E-state index contributed by atoms with van der Waals surface area (Å²) < 4.78 is 4.27. The number of hydrogen-bond acceptors (Lipinski definition) is 5. The van der Waals surface area contributed by atoms with Crippen LogP contribution in [0.1, 0.15) is 36.1 Å². The van der Waals surface area contributed by atoms with E-state index in [1.807, 2.05) is 17.1 Å². The number of H-pyrrole nitrogens is 1. The number of aromatic nitrogens is 6. The molecule has 2 aromatic carbocycles. The number of piperazine rings is 1. The van der Waals surface area contributed by atoms with Crippen LogP contribution in [-0.4, -0.2) is 60.4 Å². The molecule has 8 nitrogen and oxygen atoms in total. The molecule has 2 N–H and O–H groups in total. The van der Waals surface area contributed by atoms with Crippen molar-refractivity contribution in [1.82, 2.24) is 39.5 Å². The second-order valence-corrected chi connectivity index (χ2v) is 9.52. The van der Waals surface area contributed by atoms with E-state index in [4.69, 9.17) is 0 Å². The van der Waals surface area contributed by atoms with Gasteiger partial charge in [0, 0.05) is 61.4 Å². The molecular weight excluding hydrogens is 448 g/mol. The van der Waals surface area contributed by atoms with E-state index in [9.17, 15) is 0 Å². The molecule has 6 rings (SSSR count). The first-order chi connectivity index (χ1) is 17.9. The van der Waals surface area contributed by atoms with Crippen LogP contribution in [0.3, 0.4) is 0 Å². The van der Waals surface area contributed by atoms with Crippen molar-refractivity contribution in [3.05, 3.63) is 97.2 Å². The van der Waals surface area contributed by atoms with Crippen LogP contribution in [0.25, 0.3) is 16.6 Å². The summed E-state index contributed by atoms with van der Waals surface area (Å²) in [4.78, 5) is 10.5. The van der Waals surface area contributed by atoms with Crippen molar-refractivity contribution in [2.75, 3.05) is 26.2 Å². The Hall–Kier alpha value is -3.75. The third-order valence-electron chi connectivity index (χ3n) is 7.37. The van der Waals surface area contributed by atoms with Gasteiger partial charge in [-0.1, -0.05) is 30.3 Å². The molecule has 1 fully saturated rings. The molecule has 0 bridgehead atoms. The average molecular weight is 481 g/mol. The molecule has 0 aliphatic carbocycles. The highest BCUT2D eigenvalue weighted by Gasteiger charge is 2.30. The first kappa shape index (κ1) is 22.7. The summed E-state index contributed by atoms with van der Waals surface area (Å²) >= 11 is 0. The van der Waals surface area contributed by atoms with Crippen LogP contribution in [0.2, 0.25) is 0 Å². The smallest absolute Gasteiger partial charge is 0.123 e. The van der Waals surface area contributed by atoms with Gasteiger partial charge in [0.2, 0.25) is 0 Å². The van der Waals surface area contributed by atoms with Crippen molar-refractivity contribution >= 4 is 10.9 Å². The van der Waals surface area contributed by atoms with Gasteiger partial charge < -0.3 is 14.9 Å². The minimum Gasteiger partial charge on any atom is -0.361 e. The normalized spacial score (nSPS) is 16.3. The molecule has 0 radical (unpaired) electrons. The fourth-order valence-corrected chi connectivity index (χ4v) is 5.59. The highest BCUT2D eigenvalue weighted by Crippen LogP contribution is 2.36. The number of benzene rings is 2. The Labute approximate surface area is 211 Å². The van der Waals surface area contributed by atoms with Gasteiger partial charge in [0.15, 0.2) is 0 Å². The zero-order chi connectivity index (χ0) is 24.2. The number of nitrogens with zero attached hydrogens (tertiary/aromatic N) is 6. The van der Waals surface area contributed by atoms with E-state index in [1.54, 1.807) is 12.7 Å². The lowest BCUT2D eigenvalue weighted by atomic mass is 9.92. The maximum absolute atomic E-state index is 4.41. The van der Waals surface area contributed by atoms with Gasteiger partial charge in [0.25, 0.3) is 0 Å². The monoisotopic (exact) mass is 480 g/mol. The van der Waals surface area contributed by atoms with Crippen LogP contribution >= 0.6 is 0 Å². The maximum atomic E-state index is 4.41. The number of fused-ring (bicyclic) bond motifs is 1. The Kier molecular flexibility index (Phi) is 6.60. The standard InChI is InChI=1S/C28H32N8/c1-2-5-22(6-3-1)28(34-14-11-29-12-15-34)27(35-16-13-30-19-35)8-4-7-23-18-31-26-10-9-24(17-25(23)26)36-20-32-33-21-36/h1-3,5-6,9-10,13,16-21,27-29,31H,4,7-8,11-12,14-15H2. The molecule has 1 saturated heterocycles. The van der Waals surface area contributed by atoms with Crippen molar-refractivity contribution < 1.29 is 0 Å². The second-order valence-electron chi connectivity index (χ2n) is 9.52. The molecule has 36 heavy (non-hydrogen) atoms. The third-order valence-corrected chi connectivity index (χ3v) is 7.37. The van der Waals surface area contributed by atoms with E-state index in [0.29, 0.717) is 12.1 Å². The Balaban J connectivity index is 1.25. The van der Waals surface area contributed by atoms with E-state index in [2.05, 4.69) is 95.9 Å². The zero-order valence-corrected chi connectivity index (χ0v) is 20.4. The SMILES string of the molecule is c1ccc(C(C(CCCc2c[nH]c3ccc(-n4cnnc4)cc23)n2ccnc2)N2CCNCC2)cc1. The van der Waals surface area contributed by atoms with Gasteiger partial charge in [-0.05, 0) is 48.6 Å². The number of imidazole rings is 1. The molecule has 0 saturated carbocycles. The molecule has 184 valence electrons. The van der Waals surface area contributed by atoms with Gasteiger partial charge in [-0.25, -0.2) is 4.98 Å². The van der Waals surface area contributed by atoms with Crippen LogP contribution in [-0.2, 0) is 6.42 Å². The van der Waals surface area contributed by atoms with Gasteiger partial charge in [-0.2, -0.15) is 0 Å². The molecule has 0 spiro atoms. The zero-order valence-electron chi connectivity index (χ0n) is 20.4. The maximum Gasteiger partial charge on any atom is 0.123 e. The summed E-state index contributed by atoms with van der Waals surface area (Å²) in [6.07, 6.45) is 14.8. The van der Waals surface area contributed by atoms with Crippen LogP contribution in [0, 0.1) is 0 Å². The van der Waals surface area contributed by atoms with E-state index in [0.717, 1.165) is 56.6 Å². The van der Waals surface area contributed by atoms with Crippen LogP contribution < -0.4 is 5.32 Å². The summed E-state index contributed by atoms with van der Waals surface area (Å²) in [5.41, 5.74) is 4.97. The molecule has 4 heterocycles. The van der Waals surface area contributed by atoms with E-state index >= 15 is 0 Å². The van der Waals surface area contributed by atoms with Crippen LogP contribution in [0.15, 0.2) is 86.1 Å². The number of rotatable bonds is 9. The van der Waals surface area contributed by atoms with Crippen molar-refractivity contribution in [3.8, 4) is 5.69 Å². The fraction of sp³-hybridized carbons (Fsp3) is 0.321. The first-order valence-corrected chi connectivity index (χ1v) is 12.8. The highest BCUT2D eigenvalue weighted by molar-refractivity contribution is 5.85. The molecular formula is C28H32N8. The van der Waals surface area contributed by atoms with E-state index in [-0.39, 0.29) is 0 Å². The minimum absolute atomic E-state index is 0.311. The first-order valence-electron chi connectivity index (χ1n) is 12.8. The minimum atomic E-state index is 0.311. The topological polar surface area (TPSA) is 79.6 Å². The Bertz CT molecular complexity index is 1350. The average Bonchev–Trinajstić information content (AvgIpc) is 3.72. The van der Waals surface area contributed by atoms with Gasteiger partial charge >= 0.3 is 0 Å².